The highest BCUT2D eigenvalue weighted by molar-refractivity contribution is 7.98. The van der Waals surface area contributed by atoms with Gasteiger partial charge in [0.1, 0.15) is 23.7 Å². The Morgan fingerprint density at radius 2 is 1.56 bits per heavy atom. The standard InChI is InChI=1S/C20H36N4O7S/c1-7-9-21-16(27)12(2)22-18(29)14(11-15(25)26)23-17(28)13(8-10-32-6)24-19(30)31-20(3,4)5/h12-14H,7-11H2,1-6H3,(H,21,27)(H,22,29)(H,23,28)(H,24,30)(H,25,26)/t12-,13+,14+/m1/s1. The van der Waals surface area contributed by atoms with Gasteiger partial charge in [0.05, 0.1) is 6.42 Å². The van der Waals surface area contributed by atoms with Gasteiger partial charge >= 0.3 is 12.1 Å². The summed E-state index contributed by atoms with van der Waals surface area (Å²) in [6.07, 6.45) is 1.28. The average molecular weight is 477 g/mol. The van der Waals surface area contributed by atoms with E-state index in [0.717, 1.165) is 0 Å². The predicted molar refractivity (Wildman–Crippen MR) is 121 cm³/mol. The Kier molecular flexibility index (Phi) is 13.4. The van der Waals surface area contributed by atoms with E-state index in [0.29, 0.717) is 18.7 Å². The lowest BCUT2D eigenvalue weighted by Crippen LogP contribution is -2.57. The van der Waals surface area contributed by atoms with Gasteiger partial charge in [0, 0.05) is 6.54 Å². The van der Waals surface area contributed by atoms with Crippen molar-refractivity contribution in [1.82, 2.24) is 21.3 Å². The summed E-state index contributed by atoms with van der Waals surface area (Å²) >= 11 is 1.45. The van der Waals surface area contributed by atoms with E-state index in [2.05, 4.69) is 21.3 Å². The first-order chi connectivity index (χ1) is 14.8. The molecular formula is C20H36N4O7S. The molecule has 0 aliphatic rings. The number of ether oxygens (including phenoxy) is 1. The fourth-order valence-electron chi connectivity index (χ4n) is 2.39. The quantitative estimate of drug-likeness (QED) is 0.258. The van der Waals surface area contributed by atoms with E-state index in [-0.39, 0.29) is 6.42 Å². The highest BCUT2D eigenvalue weighted by Crippen LogP contribution is 2.09. The van der Waals surface area contributed by atoms with Gasteiger partial charge in [-0.25, -0.2) is 4.79 Å². The van der Waals surface area contributed by atoms with E-state index in [4.69, 9.17) is 9.84 Å². The molecule has 0 aromatic rings. The number of hydrogen-bond acceptors (Lipinski definition) is 7. The van der Waals surface area contributed by atoms with Crippen molar-refractivity contribution in [3.05, 3.63) is 0 Å². The Morgan fingerprint density at radius 3 is 2.06 bits per heavy atom. The number of alkyl carbamates (subject to hydrolysis) is 1. The van der Waals surface area contributed by atoms with Crippen molar-refractivity contribution in [2.24, 2.45) is 0 Å². The van der Waals surface area contributed by atoms with Crippen molar-refractivity contribution in [1.29, 1.82) is 0 Å². The largest absolute Gasteiger partial charge is 0.481 e. The summed E-state index contributed by atoms with van der Waals surface area (Å²) in [4.78, 5) is 60.6. The van der Waals surface area contributed by atoms with Crippen LogP contribution in [0.2, 0.25) is 0 Å². The first kappa shape index (κ1) is 29.5. The van der Waals surface area contributed by atoms with Crippen molar-refractivity contribution >= 4 is 41.5 Å². The molecule has 0 aromatic carbocycles. The number of carbonyl (C=O) groups excluding carboxylic acids is 4. The molecule has 0 fully saturated rings. The lowest BCUT2D eigenvalue weighted by atomic mass is 10.1. The number of thioether (sulfide) groups is 1. The van der Waals surface area contributed by atoms with Crippen molar-refractivity contribution in [3.63, 3.8) is 0 Å². The molecule has 0 bridgehead atoms. The molecule has 0 radical (unpaired) electrons. The molecule has 0 spiro atoms. The Bertz CT molecular complexity index is 667. The van der Waals surface area contributed by atoms with Crippen LogP contribution in [0, 0.1) is 0 Å². The molecule has 0 aliphatic carbocycles. The van der Waals surface area contributed by atoms with Crippen molar-refractivity contribution in [2.75, 3.05) is 18.6 Å². The molecule has 0 aromatic heterocycles. The third kappa shape index (κ3) is 13.0. The van der Waals surface area contributed by atoms with Crippen molar-refractivity contribution in [3.8, 4) is 0 Å². The lowest BCUT2D eigenvalue weighted by molar-refractivity contribution is -0.141. The van der Waals surface area contributed by atoms with Crippen LogP contribution >= 0.6 is 11.8 Å². The minimum atomic E-state index is -1.43. The third-order valence-electron chi connectivity index (χ3n) is 3.93. The maximum atomic E-state index is 12.8. The maximum Gasteiger partial charge on any atom is 0.408 e. The van der Waals surface area contributed by atoms with Crippen LogP contribution in [-0.2, 0) is 23.9 Å². The summed E-state index contributed by atoms with van der Waals surface area (Å²) in [6.45, 7) is 8.79. The Labute approximate surface area is 193 Å². The number of carboxylic acid groups (broad SMARTS) is 1. The molecule has 3 atom stereocenters. The number of carbonyl (C=O) groups is 5. The number of hydrogen-bond donors (Lipinski definition) is 5. The highest BCUT2D eigenvalue weighted by atomic mass is 32.2. The van der Waals surface area contributed by atoms with E-state index in [9.17, 15) is 24.0 Å². The van der Waals surface area contributed by atoms with Crippen LogP contribution in [0.4, 0.5) is 4.79 Å². The maximum absolute atomic E-state index is 12.8. The molecule has 0 saturated carbocycles. The summed E-state index contributed by atoms with van der Waals surface area (Å²) in [5, 5.41) is 19.0. The number of carboxylic acids is 1. The van der Waals surface area contributed by atoms with Crippen LogP contribution in [0.15, 0.2) is 0 Å². The number of aliphatic carboxylic acids is 1. The van der Waals surface area contributed by atoms with Gasteiger partial charge in [-0.1, -0.05) is 6.92 Å². The first-order valence-corrected chi connectivity index (χ1v) is 11.8. The van der Waals surface area contributed by atoms with Crippen LogP contribution in [0.5, 0.6) is 0 Å². The Balaban J connectivity index is 5.29. The van der Waals surface area contributed by atoms with Gasteiger partial charge in [0.2, 0.25) is 17.7 Å². The lowest BCUT2D eigenvalue weighted by Gasteiger charge is -2.25. The average Bonchev–Trinajstić information content (AvgIpc) is 2.66. The molecule has 11 nitrogen and oxygen atoms in total. The van der Waals surface area contributed by atoms with Crippen LogP contribution < -0.4 is 21.3 Å². The van der Waals surface area contributed by atoms with E-state index < -0.39 is 59.9 Å². The van der Waals surface area contributed by atoms with E-state index in [1.54, 1.807) is 20.8 Å². The summed E-state index contributed by atoms with van der Waals surface area (Å²) in [7, 11) is 0. The predicted octanol–water partition coefficient (Wildman–Crippen LogP) is 0.623. The van der Waals surface area contributed by atoms with Gasteiger partial charge in [-0.15, -0.1) is 0 Å². The fraction of sp³-hybridized carbons (Fsp3) is 0.750. The molecule has 12 heteroatoms. The monoisotopic (exact) mass is 476 g/mol. The second-order valence-corrected chi connectivity index (χ2v) is 9.15. The highest BCUT2D eigenvalue weighted by Gasteiger charge is 2.30. The zero-order valence-corrected chi connectivity index (χ0v) is 20.4. The third-order valence-corrected chi connectivity index (χ3v) is 4.58. The van der Waals surface area contributed by atoms with Gasteiger partial charge in [0.15, 0.2) is 0 Å². The van der Waals surface area contributed by atoms with Crippen molar-refractivity contribution < 1.29 is 33.8 Å². The number of nitrogens with one attached hydrogen (secondary N) is 4. The zero-order valence-electron chi connectivity index (χ0n) is 19.6. The summed E-state index contributed by atoms with van der Waals surface area (Å²) in [5.41, 5.74) is -0.773. The normalized spacial score (nSPS) is 13.8. The molecule has 4 amide bonds. The van der Waals surface area contributed by atoms with Crippen LogP contribution in [0.1, 0.15) is 53.9 Å². The second kappa shape index (κ2) is 14.5. The van der Waals surface area contributed by atoms with E-state index >= 15 is 0 Å². The molecule has 0 heterocycles. The van der Waals surface area contributed by atoms with E-state index in [1.807, 2.05) is 13.2 Å². The van der Waals surface area contributed by atoms with E-state index in [1.165, 1.54) is 18.7 Å². The smallest absolute Gasteiger partial charge is 0.408 e. The minimum Gasteiger partial charge on any atom is -0.481 e. The van der Waals surface area contributed by atoms with Gasteiger partial charge < -0.3 is 31.1 Å². The van der Waals surface area contributed by atoms with Crippen LogP contribution in [-0.4, -0.2) is 77.2 Å². The molecule has 5 N–H and O–H groups in total. The summed E-state index contributed by atoms with van der Waals surface area (Å²) < 4.78 is 5.17. The fourth-order valence-corrected chi connectivity index (χ4v) is 2.86. The Morgan fingerprint density at radius 1 is 0.969 bits per heavy atom. The molecule has 0 unspecified atom stereocenters. The molecule has 0 saturated heterocycles. The van der Waals surface area contributed by atoms with Crippen LogP contribution in [0.3, 0.4) is 0 Å². The van der Waals surface area contributed by atoms with Gasteiger partial charge in [0.25, 0.3) is 0 Å². The number of rotatable bonds is 13. The molecule has 184 valence electrons. The number of amides is 4. The molecular weight excluding hydrogens is 440 g/mol. The van der Waals surface area contributed by atoms with Gasteiger partial charge in [-0.2, -0.15) is 11.8 Å². The SMILES string of the molecule is CCCNC(=O)[C@@H](C)NC(=O)[C@H](CC(=O)O)NC(=O)[C@H](CCSC)NC(=O)OC(C)(C)C. The summed E-state index contributed by atoms with van der Waals surface area (Å²) in [6, 6.07) is -3.39. The van der Waals surface area contributed by atoms with Gasteiger partial charge in [-0.3, -0.25) is 19.2 Å². The first-order valence-electron chi connectivity index (χ1n) is 10.4. The molecule has 32 heavy (non-hydrogen) atoms. The minimum absolute atomic E-state index is 0.240. The topological polar surface area (TPSA) is 163 Å². The zero-order chi connectivity index (χ0) is 24.9. The van der Waals surface area contributed by atoms with Gasteiger partial charge in [-0.05, 0) is 52.5 Å². The Hall–Kier alpha value is -2.50. The summed E-state index contributed by atoms with van der Waals surface area (Å²) in [5.74, 6) is -2.76. The molecule has 0 rings (SSSR count). The van der Waals surface area contributed by atoms with Crippen LogP contribution in [0.25, 0.3) is 0 Å². The van der Waals surface area contributed by atoms with Crippen molar-refractivity contribution in [2.45, 2.75) is 77.6 Å². The second-order valence-electron chi connectivity index (χ2n) is 8.16. The molecule has 0 aliphatic heterocycles.